The zero-order valence-electron chi connectivity index (χ0n) is 12.5. The van der Waals surface area contributed by atoms with Crippen LogP contribution in [0, 0.1) is 6.92 Å². The van der Waals surface area contributed by atoms with Gasteiger partial charge in [-0.15, -0.1) is 11.3 Å². The molecule has 4 heteroatoms. The first-order valence-electron chi connectivity index (χ1n) is 7.21. The van der Waals surface area contributed by atoms with Gasteiger partial charge in [0, 0.05) is 23.9 Å². The zero-order chi connectivity index (χ0) is 15.4. The lowest BCUT2D eigenvalue weighted by molar-refractivity contribution is 0.545. The lowest BCUT2D eigenvalue weighted by Gasteiger charge is -2.07. The Morgan fingerprint density at radius 3 is 2.82 bits per heavy atom. The minimum absolute atomic E-state index is 0.789. The van der Waals surface area contributed by atoms with E-state index in [9.17, 15) is 0 Å². The largest absolute Gasteiger partial charge is 0.463 e. The number of aromatic nitrogens is 1. The van der Waals surface area contributed by atoms with Crippen molar-refractivity contribution in [2.75, 3.05) is 6.54 Å². The number of hydrogen-bond donors (Lipinski definition) is 1. The number of hydrogen-bond acceptors (Lipinski definition) is 4. The van der Waals surface area contributed by atoms with Crippen LogP contribution in [0.25, 0.3) is 16.3 Å². The number of thiazole rings is 1. The van der Waals surface area contributed by atoms with Crippen molar-refractivity contribution in [1.29, 1.82) is 0 Å². The van der Waals surface area contributed by atoms with E-state index < -0.39 is 0 Å². The lowest BCUT2D eigenvalue weighted by atomic mass is 10.2. The molecule has 3 aromatic rings. The Bertz CT molecular complexity index is 758. The fourth-order valence-electron chi connectivity index (χ4n) is 2.24. The summed E-state index contributed by atoms with van der Waals surface area (Å²) in [6.07, 6.45) is 2.55. The molecule has 2 aromatic heterocycles. The number of rotatable bonds is 6. The maximum atomic E-state index is 5.42. The zero-order valence-corrected chi connectivity index (χ0v) is 13.3. The van der Waals surface area contributed by atoms with Crippen LogP contribution in [0.3, 0.4) is 0 Å². The smallest absolute Gasteiger partial charge is 0.151 e. The summed E-state index contributed by atoms with van der Waals surface area (Å²) in [5.74, 6) is 0.822. The molecule has 3 rings (SSSR count). The van der Waals surface area contributed by atoms with Crippen LogP contribution in [0.5, 0.6) is 0 Å². The average Bonchev–Trinajstić information content (AvgIpc) is 3.17. The Balaban J connectivity index is 1.56. The molecule has 0 aliphatic rings. The minimum atomic E-state index is 0.789. The van der Waals surface area contributed by atoms with E-state index in [0.29, 0.717) is 0 Å². The number of nitrogens with one attached hydrogen (secondary N) is 1. The van der Waals surface area contributed by atoms with E-state index in [-0.39, 0.29) is 0 Å². The Labute approximate surface area is 134 Å². The Kier molecular flexibility index (Phi) is 4.39. The van der Waals surface area contributed by atoms with Crippen molar-refractivity contribution in [3.8, 4) is 10.6 Å². The van der Waals surface area contributed by atoms with Gasteiger partial charge in [0.25, 0.3) is 0 Å². The summed E-state index contributed by atoms with van der Waals surface area (Å²) < 4.78 is 5.42. The predicted octanol–water partition coefficient (Wildman–Crippen LogP) is 4.51. The molecule has 2 heterocycles. The van der Waals surface area contributed by atoms with Crippen LogP contribution in [0.4, 0.5) is 0 Å². The van der Waals surface area contributed by atoms with Gasteiger partial charge >= 0.3 is 0 Å². The molecule has 0 saturated carbocycles. The third-order valence-electron chi connectivity index (χ3n) is 3.43. The maximum absolute atomic E-state index is 5.42. The van der Waals surface area contributed by atoms with Crippen LogP contribution in [0.15, 0.2) is 59.0 Å². The van der Waals surface area contributed by atoms with E-state index in [2.05, 4.69) is 34.4 Å². The quantitative estimate of drug-likeness (QED) is 0.727. The Morgan fingerprint density at radius 2 is 2.09 bits per heavy atom. The Morgan fingerprint density at radius 1 is 1.27 bits per heavy atom. The summed E-state index contributed by atoms with van der Waals surface area (Å²) in [6, 6.07) is 12.2. The normalized spacial score (nSPS) is 10.6. The molecule has 0 aliphatic carbocycles. The summed E-state index contributed by atoms with van der Waals surface area (Å²) in [6.45, 7) is 6.82. The number of benzene rings is 1. The van der Waals surface area contributed by atoms with Crippen molar-refractivity contribution in [2.24, 2.45) is 0 Å². The number of nitrogens with zero attached hydrogens (tertiary/aromatic N) is 1. The molecule has 0 radical (unpaired) electrons. The first-order valence-corrected chi connectivity index (χ1v) is 8.09. The monoisotopic (exact) mass is 310 g/mol. The fourth-order valence-corrected chi connectivity index (χ4v) is 3.10. The molecule has 0 saturated heterocycles. The van der Waals surface area contributed by atoms with Crippen molar-refractivity contribution in [3.05, 3.63) is 71.6 Å². The molecule has 112 valence electrons. The highest BCUT2D eigenvalue weighted by Crippen LogP contribution is 2.23. The second kappa shape index (κ2) is 6.62. The lowest BCUT2D eigenvalue weighted by Crippen LogP contribution is -2.15. The summed E-state index contributed by atoms with van der Waals surface area (Å²) in [5.41, 5.74) is 4.18. The van der Waals surface area contributed by atoms with Crippen LogP contribution in [0.1, 0.15) is 17.0 Å². The summed E-state index contributed by atoms with van der Waals surface area (Å²) in [7, 11) is 0. The third kappa shape index (κ3) is 3.28. The molecular weight excluding hydrogens is 292 g/mol. The van der Waals surface area contributed by atoms with E-state index >= 15 is 0 Å². The second-order valence-corrected chi connectivity index (χ2v) is 5.96. The van der Waals surface area contributed by atoms with Crippen LogP contribution in [0.2, 0.25) is 0 Å². The highest BCUT2D eigenvalue weighted by atomic mass is 32.1. The van der Waals surface area contributed by atoms with Gasteiger partial charge in [-0.05, 0) is 18.6 Å². The molecule has 0 fully saturated rings. The standard InChI is InChI=1S/C18H18N2OS/c1-13-9-11-21-17(13)14(2)19-10-8-16-12-22-18(20-16)15-6-4-3-5-7-15/h3-7,9,11-12,19H,2,8,10H2,1H3. The molecule has 3 nitrogen and oxygen atoms in total. The molecule has 1 aromatic carbocycles. The number of aryl methyl sites for hydroxylation is 1. The van der Waals surface area contributed by atoms with E-state index in [1.807, 2.05) is 31.2 Å². The Hall–Kier alpha value is -2.33. The van der Waals surface area contributed by atoms with Crippen molar-refractivity contribution in [2.45, 2.75) is 13.3 Å². The predicted molar refractivity (Wildman–Crippen MR) is 91.7 cm³/mol. The molecule has 0 unspecified atom stereocenters. The molecule has 0 amide bonds. The van der Waals surface area contributed by atoms with Crippen LogP contribution in [-0.2, 0) is 6.42 Å². The van der Waals surface area contributed by atoms with Crippen molar-refractivity contribution >= 4 is 17.0 Å². The molecule has 1 N–H and O–H groups in total. The molecule has 0 aliphatic heterocycles. The van der Waals surface area contributed by atoms with Crippen molar-refractivity contribution in [3.63, 3.8) is 0 Å². The van der Waals surface area contributed by atoms with Gasteiger partial charge in [0.15, 0.2) is 5.76 Å². The van der Waals surface area contributed by atoms with E-state index in [1.165, 1.54) is 5.56 Å². The molecule has 0 spiro atoms. The van der Waals surface area contributed by atoms with E-state index in [1.54, 1.807) is 17.6 Å². The molecular formula is C18H18N2OS. The highest BCUT2D eigenvalue weighted by Gasteiger charge is 2.07. The molecule has 0 bridgehead atoms. The first kappa shape index (κ1) is 14.6. The maximum Gasteiger partial charge on any atom is 0.151 e. The van der Waals surface area contributed by atoms with Gasteiger partial charge in [0.2, 0.25) is 0 Å². The van der Waals surface area contributed by atoms with Crippen LogP contribution < -0.4 is 5.32 Å². The van der Waals surface area contributed by atoms with Gasteiger partial charge in [-0.2, -0.15) is 0 Å². The van der Waals surface area contributed by atoms with Gasteiger partial charge in [-0.25, -0.2) is 4.98 Å². The van der Waals surface area contributed by atoms with Crippen molar-refractivity contribution < 1.29 is 4.42 Å². The summed E-state index contributed by atoms with van der Waals surface area (Å²) in [5, 5.41) is 6.48. The van der Waals surface area contributed by atoms with Crippen LogP contribution >= 0.6 is 11.3 Å². The van der Waals surface area contributed by atoms with Crippen LogP contribution in [-0.4, -0.2) is 11.5 Å². The topological polar surface area (TPSA) is 38.1 Å². The summed E-state index contributed by atoms with van der Waals surface area (Å²) >= 11 is 1.68. The third-order valence-corrected chi connectivity index (χ3v) is 4.37. The molecule has 0 atom stereocenters. The highest BCUT2D eigenvalue weighted by molar-refractivity contribution is 7.13. The molecule has 22 heavy (non-hydrogen) atoms. The van der Waals surface area contributed by atoms with E-state index in [0.717, 1.165) is 40.7 Å². The van der Waals surface area contributed by atoms with Gasteiger partial charge in [0.1, 0.15) is 5.01 Å². The minimum Gasteiger partial charge on any atom is -0.463 e. The van der Waals surface area contributed by atoms with Crippen molar-refractivity contribution in [1.82, 2.24) is 10.3 Å². The van der Waals surface area contributed by atoms with Gasteiger partial charge in [-0.1, -0.05) is 36.9 Å². The first-order chi connectivity index (χ1) is 10.7. The van der Waals surface area contributed by atoms with Gasteiger partial charge < -0.3 is 9.73 Å². The van der Waals surface area contributed by atoms with E-state index in [4.69, 9.17) is 4.42 Å². The fraction of sp³-hybridized carbons (Fsp3) is 0.167. The second-order valence-electron chi connectivity index (χ2n) is 5.10. The number of furan rings is 1. The summed E-state index contributed by atoms with van der Waals surface area (Å²) in [4.78, 5) is 4.68. The SMILES string of the molecule is C=C(NCCc1csc(-c2ccccc2)n1)c1occc1C. The average molecular weight is 310 g/mol. The van der Waals surface area contributed by atoms with Gasteiger partial charge in [-0.3, -0.25) is 0 Å². The van der Waals surface area contributed by atoms with Gasteiger partial charge in [0.05, 0.1) is 17.7 Å².